The Balaban J connectivity index is 1.78. The molecule has 6 N–H and O–H groups in total. The molecule has 47 heavy (non-hydrogen) atoms. The molecular weight excluding hydrogens is 604 g/mol. The second kappa shape index (κ2) is 19.1. The van der Waals surface area contributed by atoms with E-state index in [1.54, 1.807) is 30.3 Å². The molecule has 3 amide bonds. The van der Waals surface area contributed by atoms with Crippen LogP contribution in [-0.2, 0) is 23.9 Å². The number of nitrogens with zero attached hydrogens (tertiary/aromatic N) is 1. The highest BCUT2D eigenvalue weighted by molar-refractivity contribution is 5.96. The monoisotopic (exact) mass is 660 g/mol. The van der Waals surface area contributed by atoms with E-state index in [1.165, 1.54) is 4.90 Å². The first kappa shape index (κ1) is 38.4. The number of rotatable bonds is 15. The summed E-state index contributed by atoms with van der Waals surface area (Å²) in [5.41, 5.74) is 6.81. The Morgan fingerprint density at radius 1 is 0.915 bits per heavy atom. The minimum Gasteiger partial charge on any atom is -0.390 e. The van der Waals surface area contributed by atoms with Crippen LogP contribution in [0.5, 0.6) is 0 Å². The molecule has 1 aliphatic carbocycles. The van der Waals surface area contributed by atoms with Crippen LogP contribution in [-0.4, -0.2) is 95.6 Å². The number of aliphatic hydroxyl groups is 2. The number of carbonyl (C=O) groups excluding carboxylic acids is 4. The Morgan fingerprint density at radius 3 is 2.13 bits per heavy atom. The van der Waals surface area contributed by atoms with Crippen molar-refractivity contribution in [1.29, 1.82) is 0 Å². The number of ether oxygens (including phenoxy) is 2. The number of hydrogen-bond donors (Lipinski definition) is 5. The van der Waals surface area contributed by atoms with Gasteiger partial charge in [0.1, 0.15) is 24.1 Å². The molecule has 12 nitrogen and oxygen atoms in total. The molecule has 264 valence electrons. The van der Waals surface area contributed by atoms with Crippen molar-refractivity contribution in [2.75, 3.05) is 26.3 Å². The van der Waals surface area contributed by atoms with Gasteiger partial charge in [-0.3, -0.25) is 14.4 Å². The van der Waals surface area contributed by atoms with Gasteiger partial charge in [-0.2, -0.15) is 0 Å². The number of morpholine rings is 1. The Morgan fingerprint density at radius 2 is 1.53 bits per heavy atom. The first-order valence-corrected chi connectivity index (χ1v) is 17.2. The van der Waals surface area contributed by atoms with Crippen molar-refractivity contribution in [1.82, 2.24) is 15.5 Å². The second-order valence-electron chi connectivity index (χ2n) is 13.9. The highest BCUT2D eigenvalue weighted by Crippen LogP contribution is 2.29. The smallest absolute Gasteiger partial charge is 0.390 e. The van der Waals surface area contributed by atoms with Crippen LogP contribution in [0.1, 0.15) is 90.5 Å². The number of hydrogen-bond acceptors (Lipinski definition) is 9. The predicted octanol–water partition coefficient (Wildman–Crippen LogP) is 2.85. The average Bonchev–Trinajstić information content (AvgIpc) is 3.04. The third-order valence-electron chi connectivity index (χ3n) is 9.03. The molecule has 6 unspecified atom stereocenters. The van der Waals surface area contributed by atoms with E-state index in [-0.39, 0.29) is 31.3 Å². The highest BCUT2D eigenvalue weighted by Gasteiger charge is 2.38. The average molecular weight is 661 g/mol. The molecule has 0 bridgehead atoms. The molecule has 1 aromatic carbocycles. The van der Waals surface area contributed by atoms with Crippen LogP contribution in [0.3, 0.4) is 0 Å². The van der Waals surface area contributed by atoms with Crippen molar-refractivity contribution in [2.45, 2.75) is 115 Å². The Bertz CT molecular complexity index is 1140. The summed E-state index contributed by atoms with van der Waals surface area (Å²) in [6.07, 6.45) is 3.44. The maximum Gasteiger partial charge on any atom is 0.417 e. The second-order valence-corrected chi connectivity index (χ2v) is 13.9. The summed E-state index contributed by atoms with van der Waals surface area (Å²) in [4.78, 5) is 55.0. The fourth-order valence-electron chi connectivity index (χ4n) is 6.47. The van der Waals surface area contributed by atoms with E-state index < -0.39 is 60.1 Å². The molecule has 1 saturated heterocycles. The summed E-state index contributed by atoms with van der Waals surface area (Å²) in [5.74, 6) is -3.12. The van der Waals surface area contributed by atoms with Crippen LogP contribution >= 0.6 is 0 Å². The molecular formula is C35H56N4O8. The lowest BCUT2D eigenvalue weighted by atomic mass is 9.82. The standard InChI is InChI=1S/C35H56N4O8/c1-22(2)19-27(32(42)37-26(21-24-11-7-5-8-12-24)31(41)28(40)20-23(3)4)38-33(43)30(36)29(25-13-9-6-10-14-25)34(44)47-35(45)39-15-17-46-18-16-39/h6,9-10,13-14,22-24,26-31,40-41H,5,7-8,11-12,15-21,36H2,1-4H3,(H,37,42)(H,38,43). The summed E-state index contributed by atoms with van der Waals surface area (Å²) in [5, 5.41) is 27.7. The fraction of sp³-hybridized carbons (Fsp3) is 0.714. The van der Waals surface area contributed by atoms with E-state index in [0.29, 0.717) is 37.5 Å². The van der Waals surface area contributed by atoms with Crippen molar-refractivity contribution >= 4 is 23.9 Å². The van der Waals surface area contributed by atoms with Gasteiger partial charge in [0.15, 0.2) is 0 Å². The molecule has 3 rings (SSSR count). The van der Waals surface area contributed by atoms with E-state index >= 15 is 0 Å². The van der Waals surface area contributed by atoms with E-state index in [9.17, 15) is 29.4 Å². The fourth-order valence-corrected chi connectivity index (χ4v) is 6.47. The zero-order chi connectivity index (χ0) is 34.5. The van der Waals surface area contributed by atoms with Gasteiger partial charge in [-0.05, 0) is 42.6 Å². The van der Waals surface area contributed by atoms with Crippen LogP contribution in [0.25, 0.3) is 0 Å². The van der Waals surface area contributed by atoms with Gasteiger partial charge in [-0.1, -0.05) is 90.1 Å². The van der Waals surface area contributed by atoms with Gasteiger partial charge in [-0.25, -0.2) is 4.79 Å². The summed E-state index contributed by atoms with van der Waals surface area (Å²) in [7, 11) is 0. The van der Waals surface area contributed by atoms with Gasteiger partial charge in [-0.15, -0.1) is 0 Å². The van der Waals surface area contributed by atoms with E-state index in [2.05, 4.69) is 10.6 Å². The molecule has 1 saturated carbocycles. The lowest BCUT2D eigenvalue weighted by Crippen LogP contribution is -2.58. The van der Waals surface area contributed by atoms with Crippen molar-refractivity contribution in [3.8, 4) is 0 Å². The van der Waals surface area contributed by atoms with Gasteiger partial charge in [0.2, 0.25) is 11.8 Å². The highest BCUT2D eigenvalue weighted by atomic mass is 16.6. The van der Waals surface area contributed by atoms with Gasteiger partial charge in [0, 0.05) is 13.1 Å². The van der Waals surface area contributed by atoms with Gasteiger partial charge in [0.25, 0.3) is 0 Å². The number of benzene rings is 1. The lowest BCUT2D eigenvalue weighted by molar-refractivity contribution is -0.143. The topological polar surface area (TPSA) is 181 Å². The van der Waals surface area contributed by atoms with Crippen LogP contribution in [0, 0.1) is 17.8 Å². The van der Waals surface area contributed by atoms with E-state index in [0.717, 1.165) is 32.1 Å². The van der Waals surface area contributed by atoms with E-state index in [1.807, 2.05) is 27.7 Å². The van der Waals surface area contributed by atoms with Crippen molar-refractivity contribution in [3.63, 3.8) is 0 Å². The zero-order valence-electron chi connectivity index (χ0n) is 28.4. The number of aliphatic hydroxyl groups excluding tert-OH is 2. The Hall–Kier alpha value is -3.06. The summed E-state index contributed by atoms with van der Waals surface area (Å²) < 4.78 is 10.5. The minimum atomic E-state index is -1.48. The Kier molecular flexibility index (Phi) is 15.6. The number of nitrogens with two attached hydrogens (primary N) is 1. The van der Waals surface area contributed by atoms with Crippen molar-refractivity contribution < 1.29 is 38.9 Å². The van der Waals surface area contributed by atoms with Gasteiger partial charge in [0.05, 0.1) is 25.4 Å². The normalized spacial score (nSPS) is 19.7. The van der Waals surface area contributed by atoms with Crippen molar-refractivity contribution in [2.24, 2.45) is 23.5 Å². The first-order valence-electron chi connectivity index (χ1n) is 17.2. The van der Waals surface area contributed by atoms with Gasteiger partial charge < -0.3 is 41.0 Å². The van der Waals surface area contributed by atoms with Crippen LogP contribution in [0.4, 0.5) is 4.79 Å². The molecule has 0 radical (unpaired) electrons. The SMILES string of the molecule is CC(C)CC(NC(=O)C(N)C(C(=O)OC(=O)N1CCOCC1)c1ccccc1)C(=O)NC(CC1CCCCC1)C(O)C(O)CC(C)C. The van der Waals surface area contributed by atoms with Crippen LogP contribution in [0.2, 0.25) is 0 Å². The number of carbonyl (C=O) groups is 4. The van der Waals surface area contributed by atoms with Crippen LogP contribution < -0.4 is 16.4 Å². The maximum absolute atomic E-state index is 13.8. The van der Waals surface area contributed by atoms with Crippen molar-refractivity contribution in [3.05, 3.63) is 35.9 Å². The largest absolute Gasteiger partial charge is 0.417 e. The number of amides is 3. The zero-order valence-corrected chi connectivity index (χ0v) is 28.4. The third-order valence-corrected chi connectivity index (χ3v) is 9.03. The first-order chi connectivity index (χ1) is 22.4. The molecule has 0 aromatic heterocycles. The molecule has 1 aliphatic heterocycles. The molecule has 1 heterocycles. The van der Waals surface area contributed by atoms with E-state index in [4.69, 9.17) is 15.2 Å². The predicted molar refractivity (Wildman–Crippen MR) is 177 cm³/mol. The number of nitrogens with one attached hydrogen (secondary N) is 2. The lowest BCUT2D eigenvalue weighted by Gasteiger charge is -2.34. The van der Waals surface area contributed by atoms with Crippen LogP contribution in [0.15, 0.2) is 30.3 Å². The molecule has 6 atom stereocenters. The summed E-state index contributed by atoms with van der Waals surface area (Å²) >= 11 is 0. The summed E-state index contributed by atoms with van der Waals surface area (Å²) in [6.45, 7) is 8.92. The quantitative estimate of drug-likeness (QED) is 0.140. The molecule has 2 fully saturated rings. The number of esters is 1. The molecule has 2 aliphatic rings. The van der Waals surface area contributed by atoms with Gasteiger partial charge >= 0.3 is 12.1 Å². The minimum absolute atomic E-state index is 0.00319. The molecule has 12 heteroatoms. The summed E-state index contributed by atoms with van der Waals surface area (Å²) in [6, 6.07) is 5.13. The molecule has 1 aromatic rings. The third kappa shape index (κ3) is 12.2. The molecule has 0 spiro atoms. The Labute approximate surface area is 279 Å². The maximum atomic E-state index is 13.8.